The molecule has 1 saturated heterocycles. The van der Waals surface area contributed by atoms with E-state index in [0.717, 1.165) is 16.7 Å². The lowest BCUT2D eigenvalue weighted by atomic mass is 10.1. The Bertz CT molecular complexity index is 924. The largest absolute Gasteiger partial charge is 0.496 e. The van der Waals surface area contributed by atoms with Crippen molar-refractivity contribution in [1.29, 1.82) is 0 Å². The molecule has 2 amide bonds. The number of aryl methyl sites for hydroxylation is 2. The molecule has 0 aromatic heterocycles. The van der Waals surface area contributed by atoms with Gasteiger partial charge in [-0.25, -0.2) is 4.39 Å². The third kappa shape index (κ3) is 5.36. The van der Waals surface area contributed by atoms with Crippen LogP contribution in [0.5, 0.6) is 5.75 Å². The second-order valence-corrected chi connectivity index (χ2v) is 7.59. The van der Waals surface area contributed by atoms with E-state index in [0.29, 0.717) is 44.0 Å². The second-order valence-electron chi connectivity index (χ2n) is 7.59. The highest BCUT2D eigenvalue weighted by atomic mass is 19.1. The Balaban J connectivity index is 1.47. The standard InChI is InChI=1S/C23H28FN3O3/c1-16-4-5-18(12-17(16)2)23(29)25-14-22(28)27-10-8-26(9-11-27)15-19-13-20(24)6-7-21(19)30-3/h4-7,12-13H,8-11,14-15H2,1-3H3,(H,25,29). The van der Waals surface area contributed by atoms with E-state index >= 15 is 0 Å². The topological polar surface area (TPSA) is 61.9 Å². The van der Waals surface area contributed by atoms with Crippen LogP contribution < -0.4 is 10.1 Å². The minimum absolute atomic E-state index is 0.0243. The van der Waals surface area contributed by atoms with E-state index in [1.54, 1.807) is 24.1 Å². The van der Waals surface area contributed by atoms with E-state index in [2.05, 4.69) is 10.2 Å². The summed E-state index contributed by atoms with van der Waals surface area (Å²) in [6.45, 7) is 6.97. The first-order valence-corrected chi connectivity index (χ1v) is 10.1. The van der Waals surface area contributed by atoms with Gasteiger partial charge in [-0.05, 0) is 55.3 Å². The number of methoxy groups -OCH3 is 1. The molecule has 1 aliphatic heterocycles. The molecule has 2 aromatic rings. The van der Waals surface area contributed by atoms with Crippen molar-refractivity contribution in [2.24, 2.45) is 0 Å². The third-order valence-electron chi connectivity index (χ3n) is 5.53. The first-order valence-electron chi connectivity index (χ1n) is 10.1. The number of halogens is 1. The maximum absolute atomic E-state index is 13.6. The zero-order valence-corrected chi connectivity index (χ0v) is 17.7. The molecule has 1 fully saturated rings. The summed E-state index contributed by atoms with van der Waals surface area (Å²) in [6, 6.07) is 9.99. The predicted molar refractivity (Wildman–Crippen MR) is 113 cm³/mol. The molecule has 2 aromatic carbocycles. The van der Waals surface area contributed by atoms with Crippen LogP contribution in [0.25, 0.3) is 0 Å². The average Bonchev–Trinajstić information content (AvgIpc) is 2.74. The molecule has 0 atom stereocenters. The zero-order valence-electron chi connectivity index (χ0n) is 17.7. The van der Waals surface area contributed by atoms with Crippen LogP contribution in [0.4, 0.5) is 4.39 Å². The van der Waals surface area contributed by atoms with Gasteiger partial charge in [0.05, 0.1) is 13.7 Å². The Morgan fingerprint density at radius 3 is 2.43 bits per heavy atom. The number of rotatable bonds is 6. The van der Waals surface area contributed by atoms with Gasteiger partial charge in [0.1, 0.15) is 11.6 Å². The van der Waals surface area contributed by atoms with E-state index < -0.39 is 0 Å². The van der Waals surface area contributed by atoms with Crippen LogP contribution in [0.15, 0.2) is 36.4 Å². The minimum atomic E-state index is -0.292. The summed E-state index contributed by atoms with van der Waals surface area (Å²) in [6.07, 6.45) is 0. The molecule has 0 bridgehead atoms. The molecule has 160 valence electrons. The maximum atomic E-state index is 13.6. The highest BCUT2D eigenvalue weighted by molar-refractivity contribution is 5.96. The van der Waals surface area contributed by atoms with Gasteiger partial charge in [-0.15, -0.1) is 0 Å². The van der Waals surface area contributed by atoms with Gasteiger partial charge in [-0.2, -0.15) is 0 Å². The average molecular weight is 413 g/mol. The SMILES string of the molecule is COc1ccc(F)cc1CN1CCN(C(=O)CNC(=O)c2ccc(C)c(C)c2)CC1. The van der Waals surface area contributed by atoms with Crippen LogP contribution in [0, 0.1) is 19.7 Å². The lowest BCUT2D eigenvalue weighted by molar-refractivity contribution is -0.131. The Morgan fingerprint density at radius 1 is 1.03 bits per heavy atom. The number of hydrogen-bond donors (Lipinski definition) is 1. The lowest BCUT2D eigenvalue weighted by Gasteiger charge is -2.35. The number of ether oxygens (including phenoxy) is 1. The number of amides is 2. The number of piperazine rings is 1. The number of carbonyl (C=O) groups is 2. The zero-order chi connectivity index (χ0) is 21.7. The maximum Gasteiger partial charge on any atom is 0.251 e. The van der Waals surface area contributed by atoms with Gasteiger partial charge >= 0.3 is 0 Å². The van der Waals surface area contributed by atoms with Crippen molar-refractivity contribution in [3.63, 3.8) is 0 Å². The molecular weight excluding hydrogens is 385 g/mol. The van der Waals surface area contributed by atoms with Crippen LogP contribution >= 0.6 is 0 Å². The fourth-order valence-corrected chi connectivity index (χ4v) is 3.52. The van der Waals surface area contributed by atoms with Gasteiger partial charge < -0.3 is 15.0 Å². The predicted octanol–water partition coefficient (Wildman–Crippen LogP) is 2.53. The van der Waals surface area contributed by atoms with Crippen molar-refractivity contribution < 1.29 is 18.7 Å². The molecule has 1 heterocycles. The van der Waals surface area contributed by atoms with Crippen molar-refractivity contribution in [3.05, 3.63) is 64.5 Å². The molecule has 1 N–H and O–H groups in total. The van der Waals surface area contributed by atoms with Crippen LogP contribution in [-0.2, 0) is 11.3 Å². The fraction of sp³-hybridized carbons (Fsp3) is 0.391. The first-order chi connectivity index (χ1) is 14.4. The Kier molecular flexibility index (Phi) is 7.05. The van der Waals surface area contributed by atoms with Crippen LogP contribution in [0.3, 0.4) is 0 Å². The molecule has 6 nitrogen and oxygen atoms in total. The summed E-state index contributed by atoms with van der Waals surface area (Å²) in [5, 5.41) is 2.71. The monoisotopic (exact) mass is 413 g/mol. The summed E-state index contributed by atoms with van der Waals surface area (Å²) in [7, 11) is 1.57. The lowest BCUT2D eigenvalue weighted by Crippen LogP contribution is -2.50. The molecule has 30 heavy (non-hydrogen) atoms. The molecule has 3 rings (SSSR count). The normalized spacial score (nSPS) is 14.5. The highest BCUT2D eigenvalue weighted by Gasteiger charge is 2.22. The molecule has 0 unspecified atom stereocenters. The summed E-state index contributed by atoms with van der Waals surface area (Å²) < 4.78 is 18.9. The van der Waals surface area contributed by atoms with Gasteiger partial charge in [-0.3, -0.25) is 14.5 Å². The highest BCUT2D eigenvalue weighted by Crippen LogP contribution is 2.21. The van der Waals surface area contributed by atoms with E-state index in [1.807, 2.05) is 26.0 Å². The molecule has 0 radical (unpaired) electrons. The van der Waals surface area contributed by atoms with Crippen LogP contribution in [0.2, 0.25) is 0 Å². The molecule has 0 spiro atoms. The summed E-state index contributed by atoms with van der Waals surface area (Å²) in [5.74, 6) is 0.0153. The van der Waals surface area contributed by atoms with Crippen molar-refractivity contribution in [2.75, 3.05) is 39.8 Å². The smallest absolute Gasteiger partial charge is 0.251 e. The minimum Gasteiger partial charge on any atom is -0.496 e. The first kappa shape index (κ1) is 21.8. The Labute approximate surface area is 176 Å². The number of nitrogens with zero attached hydrogens (tertiary/aromatic N) is 2. The molecule has 0 aliphatic carbocycles. The van der Waals surface area contributed by atoms with Gasteiger partial charge in [0.2, 0.25) is 5.91 Å². The summed E-state index contributed by atoms with van der Waals surface area (Å²) >= 11 is 0. The van der Waals surface area contributed by atoms with Crippen LogP contribution in [-0.4, -0.2) is 61.4 Å². The quantitative estimate of drug-likeness (QED) is 0.791. The van der Waals surface area contributed by atoms with Crippen LogP contribution in [0.1, 0.15) is 27.0 Å². The Morgan fingerprint density at radius 2 is 1.77 bits per heavy atom. The molecule has 1 aliphatic rings. The van der Waals surface area contributed by atoms with E-state index in [4.69, 9.17) is 4.74 Å². The second kappa shape index (κ2) is 9.71. The number of nitrogens with one attached hydrogen (secondary N) is 1. The van der Waals surface area contributed by atoms with Crippen molar-refractivity contribution >= 4 is 11.8 Å². The van der Waals surface area contributed by atoms with Crippen molar-refractivity contribution in [1.82, 2.24) is 15.1 Å². The van der Waals surface area contributed by atoms with Crippen molar-refractivity contribution in [2.45, 2.75) is 20.4 Å². The number of carbonyl (C=O) groups excluding carboxylic acids is 2. The van der Waals surface area contributed by atoms with Gasteiger partial charge in [0, 0.05) is 43.9 Å². The third-order valence-corrected chi connectivity index (χ3v) is 5.53. The van der Waals surface area contributed by atoms with Gasteiger partial charge in [-0.1, -0.05) is 6.07 Å². The molecular formula is C23H28FN3O3. The number of benzene rings is 2. The Hall–Kier alpha value is -2.93. The number of hydrogen-bond acceptors (Lipinski definition) is 4. The van der Waals surface area contributed by atoms with Gasteiger partial charge in [0.25, 0.3) is 5.91 Å². The molecule has 7 heteroatoms. The summed E-state index contributed by atoms with van der Waals surface area (Å²) in [4.78, 5) is 28.7. The summed E-state index contributed by atoms with van der Waals surface area (Å²) in [5.41, 5.74) is 3.51. The fourth-order valence-electron chi connectivity index (χ4n) is 3.52. The van der Waals surface area contributed by atoms with Crippen molar-refractivity contribution in [3.8, 4) is 5.75 Å². The van der Waals surface area contributed by atoms with Gasteiger partial charge in [0.15, 0.2) is 0 Å². The van der Waals surface area contributed by atoms with E-state index in [1.165, 1.54) is 12.1 Å². The van der Waals surface area contributed by atoms with E-state index in [9.17, 15) is 14.0 Å². The molecule has 0 saturated carbocycles. The van der Waals surface area contributed by atoms with E-state index in [-0.39, 0.29) is 24.2 Å².